The van der Waals surface area contributed by atoms with Gasteiger partial charge in [0, 0.05) is 25.1 Å². The molecule has 0 spiro atoms. The number of aliphatic hydroxyl groups excluding tert-OH is 1. The first-order chi connectivity index (χ1) is 12.0. The first-order valence-electron chi connectivity index (χ1n) is 8.37. The molecule has 1 aromatic heterocycles. The van der Waals surface area contributed by atoms with Gasteiger partial charge in [0.2, 0.25) is 5.91 Å². The van der Waals surface area contributed by atoms with E-state index in [9.17, 15) is 18.7 Å². The van der Waals surface area contributed by atoms with Crippen molar-refractivity contribution in [3.63, 3.8) is 0 Å². The largest absolute Gasteiger partial charge is 0.390 e. The zero-order valence-corrected chi connectivity index (χ0v) is 13.9. The zero-order chi connectivity index (χ0) is 17.7. The second-order valence-electron chi connectivity index (χ2n) is 6.79. The Bertz CT molecular complexity index is 849. The maximum atomic E-state index is 13.4. The number of halogens is 2. The predicted octanol–water partition coefficient (Wildman–Crippen LogP) is 1.88. The molecule has 5 nitrogen and oxygen atoms in total. The smallest absolute Gasteiger partial charge is 0.226 e. The summed E-state index contributed by atoms with van der Waals surface area (Å²) in [4.78, 5) is 14.6. The lowest BCUT2D eigenvalue weighted by molar-refractivity contribution is -0.133. The van der Waals surface area contributed by atoms with Gasteiger partial charge in [0.15, 0.2) is 11.6 Å². The molecule has 25 heavy (non-hydrogen) atoms. The highest BCUT2D eigenvalue weighted by atomic mass is 19.2. The van der Waals surface area contributed by atoms with Crippen molar-refractivity contribution >= 4 is 5.91 Å². The van der Waals surface area contributed by atoms with E-state index >= 15 is 0 Å². The summed E-state index contributed by atoms with van der Waals surface area (Å²) in [7, 11) is 1.81. The average molecular weight is 347 g/mol. The van der Waals surface area contributed by atoms with Crippen LogP contribution in [0.3, 0.4) is 0 Å². The van der Waals surface area contributed by atoms with Gasteiger partial charge in [-0.05, 0) is 36.5 Å². The number of aliphatic hydroxyl groups is 1. The van der Waals surface area contributed by atoms with Crippen molar-refractivity contribution in [3.8, 4) is 0 Å². The maximum Gasteiger partial charge on any atom is 0.226 e. The molecule has 0 bridgehead atoms. The Hall–Kier alpha value is -2.28. The van der Waals surface area contributed by atoms with Gasteiger partial charge in [-0.2, -0.15) is 5.10 Å². The first-order valence-corrected chi connectivity index (χ1v) is 8.37. The minimum atomic E-state index is -0.871. The number of fused-ring (bicyclic) bond motifs is 1. The number of amides is 1. The fourth-order valence-electron chi connectivity index (χ4n) is 3.79. The highest BCUT2D eigenvalue weighted by molar-refractivity contribution is 5.83. The zero-order valence-electron chi connectivity index (χ0n) is 13.9. The monoisotopic (exact) mass is 347 g/mol. The van der Waals surface area contributed by atoms with Gasteiger partial charge < -0.3 is 10.0 Å². The van der Waals surface area contributed by atoms with E-state index in [0.29, 0.717) is 37.2 Å². The molecule has 1 aromatic carbocycles. The van der Waals surface area contributed by atoms with Gasteiger partial charge in [-0.3, -0.25) is 9.48 Å². The van der Waals surface area contributed by atoms with E-state index < -0.39 is 11.6 Å². The Labute approximate surface area is 143 Å². The van der Waals surface area contributed by atoms with Crippen LogP contribution in [-0.2, 0) is 31.4 Å². The number of rotatable bonds is 3. The van der Waals surface area contributed by atoms with Crippen molar-refractivity contribution in [1.82, 2.24) is 14.7 Å². The highest BCUT2D eigenvalue weighted by Gasteiger charge is 2.46. The molecule has 0 radical (unpaired) electrons. The van der Waals surface area contributed by atoms with Gasteiger partial charge in [-0.1, -0.05) is 6.07 Å². The van der Waals surface area contributed by atoms with E-state index in [4.69, 9.17) is 0 Å². The molecule has 4 rings (SSSR count). The lowest BCUT2D eigenvalue weighted by Gasteiger charge is -2.28. The number of hydrogen-bond acceptors (Lipinski definition) is 3. The van der Waals surface area contributed by atoms with Gasteiger partial charge in [-0.25, -0.2) is 8.78 Å². The van der Waals surface area contributed by atoms with Crippen LogP contribution >= 0.6 is 0 Å². The second kappa shape index (κ2) is 5.91. The normalized spacial score (nSPS) is 22.0. The summed E-state index contributed by atoms with van der Waals surface area (Å²) in [6.07, 6.45) is 1.34. The van der Waals surface area contributed by atoms with E-state index in [1.165, 1.54) is 6.07 Å². The van der Waals surface area contributed by atoms with E-state index in [1.54, 1.807) is 15.6 Å². The molecule has 1 aliphatic carbocycles. The molecule has 1 amide bonds. The van der Waals surface area contributed by atoms with Gasteiger partial charge in [0.25, 0.3) is 0 Å². The molecule has 2 heterocycles. The van der Waals surface area contributed by atoms with Crippen LogP contribution in [0.2, 0.25) is 0 Å². The summed E-state index contributed by atoms with van der Waals surface area (Å²) in [5.41, 5.74) is 3.34. The third-order valence-corrected chi connectivity index (χ3v) is 5.27. The minimum absolute atomic E-state index is 0.0384. The Morgan fingerprint density at radius 1 is 1.36 bits per heavy atom. The molecule has 132 valence electrons. The van der Waals surface area contributed by atoms with E-state index in [0.717, 1.165) is 17.3 Å². The Morgan fingerprint density at radius 2 is 2.16 bits per heavy atom. The molecule has 0 unspecified atom stereocenters. The summed E-state index contributed by atoms with van der Waals surface area (Å²) in [5.74, 6) is -1.90. The van der Waals surface area contributed by atoms with Gasteiger partial charge in [0.05, 0.1) is 24.5 Å². The molecule has 2 aliphatic rings. The van der Waals surface area contributed by atoms with Crippen molar-refractivity contribution in [2.75, 3.05) is 6.54 Å². The molecular formula is C18H19F2N3O2. The Morgan fingerprint density at radius 3 is 2.88 bits per heavy atom. The molecule has 1 fully saturated rings. The number of carbonyl (C=O) groups is 1. The summed E-state index contributed by atoms with van der Waals surface area (Å²) in [5, 5.41) is 13.7. The van der Waals surface area contributed by atoms with E-state index in [1.807, 2.05) is 7.05 Å². The number of hydrogen-bond donors (Lipinski definition) is 1. The second-order valence-corrected chi connectivity index (χ2v) is 6.79. The molecule has 0 saturated heterocycles. The number of aromatic nitrogens is 2. The third kappa shape index (κ3) is 2.72. The summed E-state index contributed by atoms with van der Waals surface area (Å²) < 4.78 is 28.2. The number of carbonyl (C=O) groups excluding carboxylic acids is 1. The molecule has 1 N–H and O–H groups in total. The van der Waals surface area contributed by atoms with Gasteiger partial charge in [0.1, 0.15) is 0 Å². The summed E-state index contributed by atoms with van der Waals surface area (Å²) in [6.45, 7) is 0.960. The average Bonchev–Trinajstić information content (AvgIpc) is 3.35. The number of nitrogens with zero attached hydrogens (tertiary/aromatic N) is 3. The van der Waals surface area contributed by atoms with Crippen LogP contribution in [0.1, 0.15) is 34.9 Å². The molecule has 1 saturated carbocycles. The van der Waals surface area contributed by atoms with Crippen LogP contribution in [0, 0.1) is 17.6 Å². The molecule has 1 aliphatic heterocycles. The van der Waals surface area contributed by atoms with Gasteiger partial charge in [-0.15, -0.1) is 0 Å². The van der Waals surface area contributed by atoms with Crippen molar-refractivity contribution in [3.05, 3.63) is 52.3 Å². The quantitative estimate of drug-likeness (QED) is 0.922. The third-order valence-electron chi connectivity index (χ3n) is 5.27. The highest BCUT2D eigenvalue weighted by Crippen LogP contribution is 2.49. The number of benzene rings is 1. The van der Waals surface area contributed by atoms with Crippen LogP contribution in [0.25, 0.3) is 0 Å². The first kappa shape index (κ1) is 16.2. The maximum absolute atomic E-state index is 13.4. The lowest BCUT2D eigenvalue weighted by Crippen LogP contribution is -2.37. The fourth-order valence-corrected chi connectivity index (χ4v) is 3.79. The van der Waals surface area contributed by atoms with Crippen molar-refractivity contribution in [2.24, 2.45) is 13.0 Å². The lowest BCUT2D eigenvalue weighted by atomic mass is 10.0. The Kier molecular flexibility index (Phi) is 3.83. The van der Waals surface area contributed by atoms with Crippen LogP contribution < -0.4 is 0 Å². The van der Waals surface area contributed by atoms with Crippen LogP contribution in [0.15, 0.2) is 18.2 Å². The van der Waals surface area contributed by atoms with E-state index in [2.05, 4.69) is 5.10 Å². The van der Waals surface area contributed by atoms with Crippen LogP contribution in [0.4, 0.5) is 8.78 Å². The Balaban J connectivity index is 1.48. The molecule has 2 atom stereocenters. The topological polar surface area (TPSA) is 58.4 Å². The van der Waals surface area contributed by atoms with Crippen LogP contribution in [-0.4, -0.2) is 32.2 Å². The van der Waals surface area contributed by atoms with Crippen molar-refractivity contribution in [1.29, 1.82) is 0 Å². The summed E-state index contributed by atoms with van der Waals surface area (Å²) >= 11 is 0. The summed E-state index contributed by atoms with van der Waals surface area (Å²) in [6, 6.07) is 3.86. The molecule has 2 aromatic rings. The van der Waals surface area contributed by atoms with Crippen molar-refractivity contribution in [2.45, 2.75) is 31.9 Å². The predicted molar refractivity (Wildman–Crippen MR) is 85.5 cm³/mol. The van der Waals surface area contributed by atoms with Crippen molar-refractivity contribution < 1.29 is 18.7 Å². The fraction of sp³-hybridized carbons (Fsp3) is 0.444. The van der Waals surface area contributed by atoms with Gasteiger partial charge >= 0.3 is 0 Å². The van der Waals surface area contributed by atoms with Crippen LogP contribution in [0.5, 0.6) is 0 Å². The molecule has 7 heteroatoms. The SMILES string of the molecule is Cn1nc(CO)c2c1CN(C(=O)[C@@H]1C[C@H]1c1ccc(F)c(F)c1)CC2. The molecular weight excluding hydrogens is 328 g/mol. The number of aryl methyl sites for hydroxylation is 1. The minimum Gasteiger partial charge on any atom is -0.390 e. The van der Waals surface area contributed by atoms with E-state index in [-0.39, 0.29) is 24.3 Å². The standard InChI is InChI=1S/C18H19F2N3O2/c1-22-17-8-23(5-4-11(17)16(9-24)21-22)18(25)13-7-12(13)10-2-3-14(19)15(20)6-10/h2-3,6,12-13,24H,4-5,7-9H2,1H3/t12-,13+/m0/s1.